The molecule has 3 heteroatoms. The molecular weight excluding hydrogens is 318 g/mol. The van der Waals surface area contributed by atoms with E-state index in [1.54, 1.807) is 0 Å². The van der Waals surface area contributed by atoms with E-state index in [4.69, 9.17) is 22.8 Å². The number of rotatable bonds is 4. The molecule has 0 fully saturated rings. The molecule has 24 heavy (non-hydrogen) atoms. The van der Waals surface area contributed by atoms with Crippen LogP contribution in [-0.2, 0) is 5.41 Å². The molecule has 0 N–H and O–H groups in total. The molecule has 0 aromatic heterocycles. The van der Waals surface area contributed by atoms with E-state index in [0.717, 1.165) is 30.1 Å². The molecule has 2 nitrogen and oxygen atoms in total. The van der Waals surface area contributed by atoms with Crippen molar-refractivity contribution in [3.8, 4) is 18.1 Å². The van der Waals surface area contributed by atoms with Crippen molar-refractivity contribution in [1.29, 1.82) is 0 Å². The maximum absolute atomic E-state index is 5.91. The van der Waals surface area contributed by atoms with Crippen molar-refractivity contribution >= 4 is 17.3 Å². The second-order valence-corrected chi connectivity index (χ2v) is 6.93. The van der Waals surface area contributed by atoms with Crippen LogP contribution in [0.2, 0.25) is 0 Å². The maximum Gasteiger partial charge on any atom is 0.142 e. The first-order valence-electron chi connectivity index (χ1n) is 8.21. The lowest BCUT2D eigenvalue weighted by Crippen LogP contribution is -2.34. The standard InChI is InChI=1S/C21H22ClNO/c1-4-16-5-7-17(8-6-16)21(2,3)18-9-10-19-20(15-18)24-14-13-23(19)12-11-22/h1,5-10,15H,11-14H2,2-3H3. The molecular formula is C21H22ClNO. The first-order chi connectivity index (χ1) is 11.6. The van der Waals surface area contributed by atoms with Crippen LogP contribution in [0.1, 0.15) is 30.5 Å². The Morgan fingerprint density at radius 1 is 1.17 bits per heavy atom. The number of alkyl halides is 1. The molecule has 0 amide bonds. The highest BCUT2D eigenvalue weighted by molar-refractivity contribution is 6.18. The Hall–Kier alpha value is -2.11. The fraction of sp³-hybridized carbons (Fsp3) is 0.333. The average Bonchev–Trinajstić information content (AvgIpc) is 2.62. The van der Waals surface area contributed by atoms with Gasteiger partial charge in [-0.05, 0) is 35.4 Å². The third-order valence-electron chi connectivity index (χ3n) is 4.77. The van der Waals surface area contributed by atoms with Crippen LogP contribution in [0.15, 0.2) is 42.5 Å². The Bertz CT molecular complexity index is 758. The van der Waals surface area contributed by atoms with Crippen LogP contribution in [-0.4, -0.2) is 25.6 Å². The van der Waals surface area contributed by atoms with Gasteiger partial charge in [0.25, 0.3) is 0 Å². The second-order valence-electron chi connectivity index (χ2n) is 6.55. The van der Waals surface area contributed by atoms with Gasteiger partial charge in [-0.1, -0.05) is 38.0 Å². The highest BCUT2D eigenvalue weighted by Gasteiger charge is 2.26. The number of hydrogen-bond donors (Lipinski definition) is 0. The Morgan fingerprint density at radius 3 is 2.54 bits per heavy atom. The number of halogens is 1. The van der Waals surface area contributed by atoms with Crippen LogP contribution in [0, 0.1) is 12.3 Å². The van der Waals surface area contributed by atoms with Gasteiger partial charge in [0, 0.05) is 23.4 Å². The summed E-state index contributed by atoms with van der Waals surface area (Å²) < 4.78 is 5.90. The minimum atomic E-state index is -0.125. The lowest BCUT2D eigenvalue weighted by atomic mass is 9.77. The van der Waals surface area contributed by atoms with Gasteiger partial charge in [0.05, 0.1) is 12.2 Å². The molecule has 0 saturated carbocycles. The highest BCUT2D eigenvalue weighted by Crippen LogP contribution is 2.38. The molecule has 0 aliphatic carbocycles. The Labute approximate surface area is 149 Å². The highest BCUT2D eigenvalue weighted by atomic mass is 35.5. The molecule has 0 spiro atoms. The molecule has 0 radical (unpaired) electrons. The normalized spacial score (nSPS) is 13.8. The molecule has 3 rings (SSSR count). The number of hydrogen-bond acceptors (Lipinski definition) is 2. The minimum Gasteiger partial charge on any atom is -0.490 e. The van der Waals surface area contributed by atoms with Gasteiger partial charge >= 0.3 is 0 Å². The van der Waals surface area contributed by atoms with Crippen LogP contribution < -0.4 is 9.64 Å². The van der Waals surface area contributed by atoms with E-state index < -0.39 is 0 Å². The Morgan fingerprint density at radius 2 is 1.88 bits per heavy atom. The van der Waals surface area contributed by atoms with Crippen molar-refractivity contribution in [3.05, 3.63) is 59.2 Å². The molecule has 2 aromatic rings. The molecule has 2 aromatic carbocycles. The molecule has 0 atom stereocenters. The summed E-state index contributed by atoms with van der Waals surface area (Å²) in [5, 5.41) is 0. The van der Waals surface area contributed by atoms with E-state index in [9.17, 15) is 0 Å². The molecule has 0 saturated heterocycles. The minimum absolute atomic E-state index is 0.125. The van der Waals surface area contributed by atoms with Gasteiger partial charge in [0.2, 0.25) is 0 Å². The van der Waals surface area contributed by atoms with E-state index >= 15 is 0 Å². The summed E-state index contributed by atoms with van der Waals surface area (Å²) in [4.78, 5) is 2.28. The van der Waals surface area contributed by atoms with E-state index in [2.05, 4.69) is 55.0 Å². The lowest BCUT2D eigenvalue weighted by molar-refractivity contribution is 0.308. The first-order valence-corrected chi connectivity index (χ1v) is 8.75. The smallest absolute Gasteiger partial charge is 0.142 e. The van der Waals surface area contributed by atoms with Crippen LogP contribution in [0.25, 0.3) is 0 Å². The van der Waals surface area contributed by atoms with Crippen molar-refractivity contribution in [2.45, 2.75) is 19.3 Å². The largest absolute Gasteiger partial charge is 0.490 e. The van der Waals surface area contributed by atoms with Crippen molar-refractivity contribution in [1.82, 2.24) is 0 Å². The van der Waals surface area contributed by atoms with Gasteiger partial charge in [-0.3, -0.25) is 0 Å². The zero-order valence-electron chi connectivity index (χ0n) is 14.2. The zero-order chi connectivity index (χ0) is 17.2. The van der Waals surface area contributed by atoms with Gasteiger partial charge < -0.3 is 9.64 Å². The van der Waals surface area contributed by atoms with Gasteiger partial charge in [-0.2, -0.15) is 0 Å². The summed E-state index contributed by atoms with van der Waals surface area (Å²) in [6.45, 7) is 6.87. The monoisotopic (exact) mass is 339 g/mol. The SMILES string of the molecule is C#Cc1ccc(C(C)(C)c2ccc3c(c2)OCCN3CCCl)cc1. The van der Waals surface area contributed by atoms with E-state index in [-0.39, 0.29) is 5.41 Å². The first kappa shape index (κ1) is 16.7. The van der Waals surface area contributed by atoms with Gasteiger partial charge in [0.15, 0.2) is 0 Å². The van der Waals surface area contributed by atoms with Crippen molar-refractivity contribution < 1.29 is 4.74 Å². The summed E-state index contributed by atoms with van der Waals surface area (Å²) in [7, 11) is 0. The van der Waals surface area contributed by atoms with Crippen molar-refractivity contribution in [3.63, 3.8) is 0 Å². The van der Waals surface area contributed by atoms with E-state index in [1.165, 1.54) is 11.1 Å². The zero-order valence-corrected chi connectivity index (χ0v) is 14.9. The summed E-state index contributed by atoms with van der Waals surface area (Å²) in [5.41, 5.74) is 4.36. The molecule has 1 aliphatic heterocycles. The predicted octanol–water partition coefficient (Wildman–Crippen LogP) is 4.43. The number of fused-ring (bicyclic) bond motifs is 1. The summed E-state index contributed by atoms with van der Waals surface area (Å²) >= 11 is 5.91. The third-order valence-corrected chi connectivity index (χ3v) is 4.94. The number of benzene rings is 2. The average molecular weight is 340 g/mol. The summed E-state index contributed by atoms with van der Waals surface area (Å²) in [6, 6.07) is 14.7. The second kappa shape index (κ2) is 6.79. The Balaban J connectivity index is 1.95. The maximum atomic E-state index is 5.91. The molecule has 124 valence electrons. The summed E-state index contributed by atoms with van der Waals surface area (Å²) in [5.74, 6) is 4.23. The molecule has 0 unspecified atom stereocenters. The van der Waals surface area contributed by atoms with Gasteiger partial charge in [-0.25, -0.2) is 0 Å². The molecule has 1 aliphatic rings. The van der Waals surface area contributed by atoms with E-state index in [1.807, 2.05) is 12.1 Å². The van der Waals surface area contributed by atoms with Gasteiger partial charge in [-0.15, -0.1) is 18.0 Å². The Kier molecular flexibility index (Phi) is 4.73. The quantitative estimate of drug-likeness (QED) is 0.603. The fourth-order valence-corrected chi connectivity index (χ4v) is 3.35. The number of nitrogens with zero attached hydrogens (tertiary/aromatic N) is 1. The van der Waals surface area contributed by atoms with Crippen molar-refractivity contribution in [2.75, 3.05) is 30.5 Å². The number of anilines is 1. The van der Waals surface area contributed by atoms with Gasteiger partial charge in [0.1, 0.15) is 12.4 Å². The number of terminal acetylenes is 1. The van der Waals surface area contributed by atoms with Crippen LogP contribution >= 0.6 is 11.6 Å². The molecule has 1 heterocycles. The lowest BCUT2D eigenvalue weighted by Gasteiger charge is -2.33. The summed E-state index contributed by atoms with van der Waals surface area (Å²) in [6.07, 6.45) is 5.45. The fourth-order valence-electron chi connectivity index (χ4n) is 3.15. The number of ether oxygens (including phenoxy) is 1. The predicted molar refractivity (Wildman–Crippen MR) is 101 cm³/mol. The molecule has 0 bridgehead atoms. The third kappa shape index (κ3) is 3.09. The topological polar surface area (TPSA) is 12.5 Å². The van der Waals surface area contributed by atoms with Crippen LogP contribution in [0.4, 0.5) is 5.69 Å². The van der Waals surface area contributed by atoms with Crippen molar-refractivity contribution in [2.24, 2.45) is 0 Å². The van der Waals surface area contributed by atoms with Crippen LogP contribution in [0.5, 0.6) is 5.75 Å². The van der Waals surface area contributed by atoms with Crippen LogP contribution in [0.3, 0.4) is 0 Å². The van der Waals surface area contributed by atoms with E-state index in [0.29, 0.717) is 12.5 Å².